The van der Waals surface area contributed by atoms with Crippen molar-refractivity contribution in [1.29, 1.82) is 0 Å². The molecule has 0 radical (unpaired) electrons. The first kappa shape index (κ1) is 30.1. The van der Waals surface area contributed by atoms with Crippen LogP contribution in [0.25, 0.3) is 0 Å². The highest BCUT2D eigenvalue weighted by Gasteiger charge is 2.19. The van der Waals surface area contributed by atoms with E-state index in [4.69, 9.17) is 22.2 Å². The van der Waals surface area contributed by atoms with E-state index in [1.54, 1.807) is 0 Å². The molecule has 0 fully saturated rings. The molecule has 0 heterocycles. The summed E-state index contributed by atoms with van der Waals surface area (Å²) in [6.07, 6.45) is 31.3. The Hall–Kier alpha value is 1.15. The molecule has 0 atom stereocenters. The average Bonchev–Trinajstić information content (AvgIpc) is 2.67. The topological polar surface area (TPSA) is 0 Å². The van der Waals surface area contributed by atoms with Gasteiger partial charge >= 0.3 is 0 Å². The van der Waals surface area contributed by atoms with Gasteiger partial charge in [-0.15, -0.1) is 22.2 Å². The molecule has 176 valence electrons. The summed E-state index contributed by atoms with van der Waals surface area (Å²) in [5.74, 6) is 1.06. The van der Waals surface area contributed by atoms with Gasteiger partial charge < -0.3 is 0 Å². The minimum Gasteiger partial charge on any atom is -0.179 e. The third-order valence-electron chi connectivity index (χ3n) is 6.02. The molecule has 0 saturated carbocycles. The van der Waals surface area contributed by atoms with Crippen LogP contribution in [-0.2, 0) is 0 Å². The van der Waals surface area contributed by atoms with Crippen molar-refractivity contribution in [2.75, 3.05) is 5.75 Å². The number of hydrogen-bond donors (Lipinski definition) is 1. The highest BCUT2D eigenvalue weighted by Crippen LogP contribution is 2.23. The first-order chi connectivity index (χ1) is 14.1. The van der Waals surface area contributed by atoms with Gasteiger partial charge in [-0.05, 0) is 24.8 Å². The van der Waals surface area contributed by atoms with E-state index in [0.717, 1.165) is 11.8 Å². The molecule has 0 amide bonds. The van der Waals surface area contributed by atoms with Crippen LogP contribution in [-0.4, -0.2) is 12.4 Å². The maximum atomic E-state index is 6.13. The molecule has 29 heavy (non-hydrogen) atoms. The van der Waals surface area contributed by atoms with Crippen molar-refractivity contribution >= 4 is 41.5 Å². The summed E-state index contributed by atoms with van der Waals surface area (Å²) in [6.45, 7) is 0.202. The quantitative estimate of drug-likeness (QED) is 0.0600. The Morgan fingerprint density at radius 2 is 0.621 bits per heavy atom. The van der Waals surface area contributed by atoms with Crippen LogP contribution in [0.3, 0.4) is 0 Å². The van der Waals surface area contributed by atoms with Gasteiger partial charge in [0.2, 0.25) is 6.69 Å². The van der Waals surface area contributed by atoms with Gasteiger partial charge in [0, 0.05) is 0 Å². The Morgan fingerprint density at radius 3 is 0.828 bits per heavy atom. The van der Waals surface area contributed by atoms with Gasteiger partial charge in [-0.25, -0.2) is 0 Å². The van der Waals surface area contributed by atoms with Crippen LogP contribution in [0.5, 0.6) is 0 Å². The lowest BCUT2D eigenvalue weighted by Crippen LogP contribution is -2.11. The van der Waals surface area contributed by atoms with Crippen LogP contribution in [0.4, 0.5) is 0 Å². The Balaban J connectivity index is 3.02. The summed E-state index contributed by atoms with van der Waals surface area (Å²) < 4.78 is 0. The fourth-order valence-corrected chi connectivity index (χ4v) is 5.98. The molecule has 0 aliphatic rings. The molecule has 0 aromatic rings. The van der Waals surface area contributed by atoms with Crippen LogP contribution in [0.15, 0.2) is 0 Å². The van der Waals surface area contributed by atoms with E-state index in [-0.39, 0.29) is 0 Å². The zero-order chi connectivity index (χ0) is 21.5. The van der Waals surface area contributed by atoms with E-state index in [2.05, 4.69) is 12.6 Å². The predicted octanol–water partition coefficient (Wildman–Crippen LogP) is 11.0. The first-order valence-corrected chi connectivity index (χ1v) is 18.4. The SMILES string of the molecule is C[Si](Cl)(Cl)CCCCCCCCCCCCCCCCCCCCCCCCS. The minimum atomic E-state index is -1.83. The van der Waals surface area contributed by atoms with Gasteiger partial charge in [-0.3, -0.25) is 0 Å². The maximum Gasteiger partial charge on any atom is 0.248 e. The van der Waals surface area contributed by atoms with Crippen molar-refractivity contribution in [3.8, 4) is 0 Å². The third kappa shape index (κ3) is 29.1. The van der Waals surface area contributed by atoms with Gasteiger partial charge in [0.25, 0.3) is 0 Å². The van der Waals surface area contributed by atoms with E-state index in [9.17, 15) is 0 Å². The number of rotatable bonds is 24. The normalized spacial score (nSPS) is 12.0. The van der Waals surface area contributed by atoms with Crippen LogP contribution in [0.2, 0.25) is 12.6 Å². The summed E-state index contributed by atoms with van der Waals surface area (Å²) in [5.41, 5.74) is 0. The molecule has 0 N–H and O–H groups in total. The zero-order valence-electron chi connectivity index (χ0n) is 19.7. The Kier molecular flexibility index (Phi) is 24.7. The molecule has 0 bridgehead atoms. The van der Waals surface area contributed by atoms with E-state index < -0.39 is 6.69 Å². The molecular formula is C25H52Cl2SSi. The van der Waals surface area contributed by atoms with Gasteiger partial charge in [0.15, 0.2) is 0 Å². The summed E-state index contributed by atoms with van der Waals surface area (Å²) in [5, 5.41) is 0. The second kappa shape index (κ2) is 23.8. The Morgan fingerprint density at radius 1 is 0.414 bits per heavy atom. The highest BCUT2D eigenvalue weighted by atomic mass is 35.7. The van der Waals surface area contributed by atoms with Crippen LogP contribution < -0.4 is 0 Å². The van der Waals surface area contributed by atoms with E-state index in [1.165, 1.54) is 141 Å². The highest BCUT2D eigenvalue weighted by molar-refractivity contribution is 7.80. The van der Waals surface area contributed by atoms with Gasteiger partial charge in [0.05, 0.1) is 0 Å². The average molecular weight is 484 g/mol. The molecule has 4 heteroatoms. The molecule has 0 rings (SSSR count). The largest absolute Gasteiger partial charge is 0.248 e. The molecule has 0 spiro atoms. The molecule has 0 unspecified atom stereocenters. The number of thiol groups is 1. The second-order valence-corrected chi connectivity index (χ2v) is 18.0. The zero-order valence-corrected chi connectivity index (χ0v) is 23.1. The maximum absolute atomic E-state index is 6.13. The second-order valence-electron chi connectivity index (χ2n) is 9.32. The molecule has 0 aromatic carbocycles. The molecular weight excluding hydrogens is 431 g/mol. The minimum absolute atomic E-state index is 1.06. The Labute approximate surface area is 200 Å². The summed E-state index contributed by atoms with van der Waals surface area (Å²) in [7, 11) is 0. The monoisotopic (exact) mass is 482 g/mol. The van der Waals surface area contributed by atoms with E-state index in [1.807, 2.05) is 6.55 Å². The summed E-state index contributed by atoms with van der Waals surface area (Å²) in [6, 6.07) is 1.06. The smallest absolute Gasteiger partial charge is 0.179 e. The number of halogens is 2. The van der Waals surface area contributed by atoms with Crippen molar-refractivity contribution in [2.45, 2.75) is 154 Å². The fraction of sp³-hybridized carbons (Fsp3) is 1.00. The summed E-state index contributed by atoms with van der Waals surface area (Å²) >= 11 is 16.5. The first-order valence-electron chi connectivity index (χ1n) is 13.0. The number of unbranched alkanes of at least 4 members (excludes halogenated alkanes) is 21. The standard InChI is InChI=1S/C25H52Cl2SSi/c1-29(26,27)25-23-21-19-17-15-13-11-9-7-5-3-2-4-6-8-10-12-14-16-18-20-22-24-28/h28H,2-25H2,1H3. The molecule has 0 aliphatic heterocycles. The molecule has 0 nitrogen and oxygen atoms in total. The van der Waals surface area contributed by atoms with Gasteiger partial charge in [-0.2, -0.15) is 12.6 Å². The van der Waals surface area contributed by atoms with Crippen LogP contribution in [0.1, 0.15) is 141 Å². The van der Waals surface area contributed by atoms with Crippen LogP contribution in [0, 0.1) is 0 Å². The van der Waals surface area contributed by atoms with E-state index in [0.29, 0.717) is 0 Å². The Bertz CT molecular complexity index is 308. The van der Waals surface area contributed by atoms with Crippen molar-refractivity contribution in [3.63, 3.8) is 0 Å². The molecule has 0 aliphatic carbocycles. The molecule has 0 saturated heterocycles. The number of hydrogen-bond acceptors (Lipinski definition) is 1. The van der Waals surface area contributed by atoms with Crippen molar-refractivity contribution < 1.29 is 0 Å². The predicted molar refractivity (Wildman–Crippen MR) is 144 cm³/mol. The van der Waals surface area contributed by atoms with Crippen molar-refractivity contribution in [3.05, 3.63) is 0 Å². The molecule has 0 aromatic heterocycles. The van der Waals surface area contributed by atoms with E-state index >= 15 is 0 Å². The van der Waals surface area contributed by atoms with Crippen molar-refractivity contribution in [1.82, 2.24) is 0 Å². The summed E-state index contributed by atoms with van der Waals surface area (Å²) in [4.78, 5) is 0. The van der Waals surface area contributed by atoms with Gasteiger partial charge in [0.1, 0.15) is 0 Å². The lowest BCUT2D eigenvalue weighted by Gasteiger charge is -2.09. The third-order valence-corrected chi connectivity index (χ3v) is 8.71. The lowest BCUT2D eigenvalue weighted by molar-refractivity contribution is 0.520. The fourth-order valence-electron chi connectivity index (χ4n) is 4.08. The van der Waals surface area contributed by atoms with Crippen LogP contribution >= 0.6 is 34.8 Å². The lowest BCUT2D eigenvalue weighted by atomic mass is 10.0. The van der Waals surface area contributed by atoms with Gasteiger partial charge in [-0.1, -0.05) is 135 Å². The van der Waals surface area contributed by atoms with Crippen molar-refractivity contribution in [2.24, 2.45) is 0 Å².